The Bertz CT molecular complexity index is 775. The maximum Gasteiger partial charge on any atom is 0.279 e. The molecule has 9 nitrogen and oxygen atoms in total. The second-order valence-corrected chi connectivity index (χ2v) is 7.11. The second kappa shape index (κ2) is 8.45. The molecule has 1 saturated heterocycles. The van der Waals surface area contributed by atoms with E-state index in [0.29, 0.717) is 13.0 Å². The molecule has 0 bridgehead atoms. The van der Waals surface area contributed by atoms with Gasteiger partial charge in [-0.2, -0.15) is 0 Å². The number of nitro benzene ring substituents is 1. The van der Waals surface area contributed by atoms with E-state index in [0.717, 1.165) is 32.1 Å². The molecule has 1 N–H and O–H groups in total. The van der Waals surface area contributed by atoms with Gasteiger partial charge in [0.25, 0.3) is 5.69 Å². The van der Waals surface area contributed by atoms with Gasteiger partial charge in [-0.15, -0.1) is 0 Å². The van der Waals surface area contributed by atoms with Gasteiger partial charge < -0.3 is 19.7 Å². The van der Waals surface area contributed by atoms with Gasteiger partial charge in [0.15, 0.2) is 11.5 Å². The molecule has 0 aromatic heterocycles. The Morgan fingerprint density at radius 3 is 2.36 bits per heavy atom. The molecule has 1 heterocycles. The molecule has 1 aliphatic heterocycles. The highest BCUT2D eigenvalue weighted by Crippen LogP contribution is 2.40. The Kier molecular flexibility index (Phi) is 6.01. The first-order valence-electron chi connectivity index (χ1n) is 9.46. The molecule has 3 rings (SSSR count). The zero-order valence-corrected chi connectivity index (χ0v) is 16.1. The third-order valence-corrected chi connectivity index (χ3v) is 5.42. The third-order valence-electron chi connectivity index (χ3n) is 5.42. The monoisotopic (exact) mass is 391 g/mol. The maximum absolute atomic E-state index is 13.1. The number of β-lactam (4-membered cyclic amide) rings is 1. The summed E-state index contributed by atoms with van der Waals surface area (Å²) in [6.07, 6.45) is 5.29. The number of hydrogen-bond donors (Lipinski definition) is 1. The summed E-state index contributed by atoms with van der Waals surface area (Å²) in [5.41, 5.74) is -0.148. The molecule has 9 heteroatoms. The standard InChI is InChI=1S/C19H25N3O6/c1-27-15-10-13(14(22(25)26)11-16(15)28-2)18(21-9-8-17(21)23)19(24)20-12-6-4-3-5-7-12/h10-12,18H,3-9H2,1-2H3,(H,20,24). The number of nitro groups is 1. The van der Waals surface area contributed by atoms with Crippen molar-refractivity contribution >= 4 is 17.5 Å². The van der Waals surface area contributed by atoms with Crippen LogP contribution in [0, 0.1) is 10.1 Å². The summed E-state index contributed by atoms with van der Waals surface area (Å²) in [7, 11) is 2.80. The van der Waals surface area contributed by atoms with Gasteiger partial charge >= 0.3 is 0 Å². The molecule has 0 radical (unpaired) electrons. The molecule has 1 unspecified atom stereocenters. The van der Waals surface area contributed by atoms with E-state index < -0.39 is 16.9 Å². The number of nitrogens with one attached hydrogen (secondary N) is 1. The smallest absolute Gasteiger partial charge is 0.279 e. The minimum absolute atomic E-state index is 0.0272. The third kappa shape index (κ3) is 3.88. The highest BCUT2D eigenvalue weighted by Gasteiger charge is 2.41. The van der Waals surface area contributed by atoms with Crippen molar-refractivity contribution in [3.05, 3.63) is 27.8 Å². The minimum atomic E-state index is -1.07. The van der Waals surface area contributed by atoms with Crippen molar-refractivity contribution < 1.29 is 24.0 Å². The van der Waals surface area contributed by atoms with Crippen molar-refractivity contribution in [1.82, 2.24) is 10.2 Å². The van der Waals surface area contributed by atoms with E-state index in [4.69, 9.17) is 9.47 Å². The molecule has 152 valence electrons. The Morgan fingerprint density at radius 1 is 1.21 bits per heavy atom. The molecule has 28 heavy (non-hydrogen) atoms. The Labute approximate surface area is 163 Å². The molecular formula is C19H25N3O6. The van der Waals surface area contributed by atoms with Gasteiger partial charge in [0, 0.05) is 19.0 Å². The first kappa shape index (κ1) is 19.9. The van der Waals surface area contributed by atoms with Gasteiger partial charge in [-0.1, -0.05) is 19.3 Å². The van der Waals surface area contributed by atoms with Crippen molar-refractivity contribution in [2.24, 2.45) is 0 Å². The number of rotatable bonds is 7. The Hall–Kier alpha value is -2.84. The van der Waals surface area contributed by atoms with Gasteiger partial charge in [0.05, 0.1) is 30.8 Å². The van der Waals surface area contributed by atoms with Crippen LogP contribution in [-0.4, -0.2) is 48.4 Å². The normalized spacial score (nSPS) is 18.2. The molecule has 2 amide bonds. The summed E-state index contributed by atoms with van der Waals surface area (Å²) in [6.45, 7) is 0.382. The van der Waals surface area contributed by atoms with E-state index in [1.165, 1.54) is 31.3 Å². The van der Waals surface area contributed by atoms with Gasteiger partial charge in [-0.3, -0.25) is 19.7 Å². The van der Waals surface area contributed by atoms with Crippen LogP contribution in [0.4, 0.5) is 5.69 Å². The van der Waals surface area contributed by atoms with Crippen LogP contribution in [-0.2, 0) is 9.59 Å². The van der Waals surface area contributed by atoms with Crippen LogP contribution >= 0.6 is 0 Å². The Balaban J connectivity index is 2.00. The first-order chi connectivity index (χ1) is 13.5. The first-order valence-corrected chi connectivity index (χ1v) is 9.46. The van der Waals surface area contributed by atoms with E-state index in [9.17, 15) is 19.7 Å². The van der Waals surface area contributed by atoms with Crippen LogP contribution in [0.3, 0.4) is 0 Å². The van der Waals surface area contributed by atoms with Crippen LogP contribution in [0.5, 0.6) is 11.5 Å². The van der Waals surface area contributed by atoms with Gasteiger partial charge in [-0.25, -0.2) is 0 Å². The van der Waals surface area contributed by atoms with Crippen LogP contribution in [0.25, 0.3) is 0 Å². The lowest BCUT2D eigenvalue weighted by Gasteiger charge is -2.38. The lowest BCUT2D eigenvalue weighted by Crippen LogP contribution is -2.52. The van der Waals surface area contributed by atoms with Crippen molar-refractivity contribution in [3.63, 3.8) is 0 Å². The van der Waals surface area contributed by atoms with E-state index in [1.54, 1.807) is 0 Å². The van der Waals surface area contributed by atoms with E-state index in [2.05, 4.69) is 5.32 Å². The molecule has 2 aliphatic rings. The number of amides is 2. The van der Waals surface area contributed by atoms with Crippen LogP contribution in [0.1, 0.15) is 50.1 Å². The number of ether oxygens (including phenoxy) is 2. The van der Waals surface area contributed by atoms with Crippen molar-refractivity contribution in [2.45, 2.75) is 50.6 Å². The van der Waals surface area contributed by atoms with Crippen molar-refractivity contribution in [2.75, 3.05) is 20.8 Å². The molecule has 0 spiro atoms. The summed E-state index contributed by atoms with van der Waals surface area (Å²) in [6, 6.07) is 1.62. The summed E-state index contributed by atoms with van der Waals surface area (Å²) in [4.78, 5) is 37.7. The number of methoxy groups -OCH3 is 2. The summed E-state index contributed by atoms with van der Waals surface area (Å²) in [5.74, 6) is -0.131. The van der Waals surface area contributed by atoms with Gasteiger partial charge in [-0.05, 0) is 18.9 Å². The fraction of sp³-hybridized carbons (Fsp3) is 0.579. The number of carbonyl (C=O) groups is 2. The second-order valence-electron chi connectivity index (χ2n) is 7.11. The lowest BCUT2D eigenvalue weighted by atomic mass is 9.93. The lowest BCUT2D eigenvalue weighted by molar-refractivity contribution is -0.386. The molecule has 1 aliphatic carbocycles. The number of nitrogens with zero attached hydrogens (tertiary/aromatic N) is 2. The fourth-order valence-corrected chi connectivity index (χ4v) is 3.84. The molecular weight excluding hydrogens is 366 g/mol. The van der Waals surface area contributed by atoms with Gasteiger partial charge in [0.1, 0.15) is 6.04 Å². The topological polar surface area (TPSA) is 111 Å². The molecule has 1 atom stereocenters. The summed E-state index contributed by atoms with van der Waals surface area (Å²) >= 11 is 0. The molecule has 1 saturated carbocycles. The van der Waals surface area contributed by atoms with Gasteiger partial charge in [0.2, 0.25) is 11.8 Å². The molecule has 2 fully saturated rings. The van der Waals surface area contributed by atoms with E-state index >= 15 is 0 Å². The maximum atomic E-state index is 13.1. The summed E-state index contributed by atoms with van der Waals surface area (Å²) in [5, 5.41) is 14.7. The van der Waals surface area contributed by atoms with Crippen LogP contribution in [0.15, 0.2) is 12.1 Å². The van der Waals surface area contributed by atoms with E-state index in [1.807, 2.05) is 0 Å². The fourth-order valence-electron chi connectivity index (χ4n) is 3.84. The minimum Gasteiger partial charge on any atom is -0.493 e. The quantitative estimate of drug-likeness (QED) is 0.434. The Morgan fingerprint density at radius 2 is 1.86 bits per heavy atom. The van der Waals surface area contributed by atoms with Crippen molar-refractivity contribution in [3.8, 4) is 11.5 Å². The SMILES string of the molecule is COc1cc(C(C(=O)NC2CCCCC2)N2CCC2=O)c([N+](=O)[O-])cc1OC. The summed E-state index contributed by atoms with van der Waals surface area (Å²) < 4.78 is 10.4. The average molecular weight is 391 g/mol. The van der Waals surface area contributed by atoms with E-state index in [-0.39, 0.29) is 34.7 Å². The zero-order valence-electron chi connectivity index (χ0n) is 16.1. The predicted octanol–water partition coefficient (Wildman–Crippen LogP) is 2.33. The van der Waals surface area contributed by atoms with Crippen molar-refractivity contribution in [1.29, 1.82) is 0 Å². The molecule has 1 aromatic carbocycles. The number of likely N-dealkylation sites (tertiary alicyclic amines) is 1. The highest BCUT2D eigenvalue weighted by molar-refractivity contribution is 5.92. The largest absolute Gasteiger partial charge is 0.493 e. The number of hydrogen-bond acceptors (Lipinski definition) is 6. The zero-order chi connectivity index (χ0) is 20.3. The average Bonchev–Trinajstić information content (AvgIpc) is 2.70. The number of benzene rings is 1. The number of carbonyl (C=O) groups excluding carboxylic acids is 2. The predicted molar refractivity (Wildman–Crippen MR) is 100 cm³/mol. The highest BCUT2D eigenvalue weighted by atomic mass is 16.6. The van der Waals surface area contributed by atoms with Crippen LogP contribution < -0.4 is 14.8 Å². The molecule has 1 aromatic rings. The van der Waals surface area contributed by atoms with Crippen LogP contribution in [0.2, 0.25) is 0 Å².